The molecule has 0 unspecified atom stereocenters. The van der Waals surface area contributed by atoms with Gasteiger partial charge in [-0.25, -0.2) is 4.79 Å². The van der Waals surface area contributed by atoms with Crippen LogP contribution in [0.3, 0.4) is 0 Å². The summed E-state index contributed by atoms with van der Waals surface area (Å²) >= 11 is 3.43. The lowest BCUT2D eigenvalue weighted by Crippen LogP contribution is -2.27. The molecule has 4 nitrogen and oxygen atoms in total. The van der Waals surface area contributed by atoms with Crippen molar-refractivity contribution >= 4 is 44.8 Å². The van der Waals surface area contributed by atoms with Crippen LogP contribution in [0.25, 0.3) is 10.8 Å². The molecule has 5 heteroatoms. The van der Waals surface area contributed by atoms with Crippen LogP contribution in [0.4, 0.5) is 10.5 Å². The Morgan fingerprint density at radius 3 is 2.43 bits per heavy atom. The first kappa shape index (κ1) is 15.5. The van der Waals surface area contributed by atoms with Crippen molar-refractivity contribution in [2.75, 3.05) is 5.32 Å². The van der Waals surface area contributed by atoms with Crippen molar-refractivity contribution in [1.29, 1.82) is 0 Å². The lowest BCUT2D eigenvalue weighted by atomic mass is 10.0. The Balaban J connectivity index is 2.49. The number of benzene rings is 2. The Labute approximate surface area is 131 Å². The zero-order valence-electron chi connectivity index (χ0n) is 12.1. The first-order chi connectivity index (χ1) is 9.81. The fourth-order valence-electron chi connectivity index (χ4n) is 1.99. The predicted octanol–water partition coefficient (Wildman–Crippen LogP) is 4.76. The average molecular weight is 350 g/mol. The minimum absolute atomic E-state index is 0.395. The minimum Gasteiger partial charge on any atom is -0.444 e. The molecule has 0 fully saturated rings. The molecule has 0 radical (unpaired) electrons. The summed E-state index contributed by atoms with van der Waals surface area (Å²) in [6, 6.07) is 9.19. The highest BCUT2D eigenvalue weighted by atomic mass is 79.9. The van der Waals surface area contributed by atoms with E-state index in [-0.39, 0.29) is 0 Å². The van der Waals surface area contributed by atoms with E-state index in [2.05, 4.69) is 21.2 Å². The number of rotatable bonds is 2. The molecule has 0 aliphatic carbocycles. The topological polar surface area (TPSA) is 55.4 Å². The number of aldehydes is 1. The molecule has 0 saturated heterocycles. The molecule has 0 atom stereocenters. The summed E-state index contributed by atoms with van der Waals surface area (Å²) < 4.78 is 6.04. The number of hydrogen-bond acceptors (Lipinski definition) is 3. The second-order valence-electron chi connectivity index (χ2n) is 5.61. The van der Waals surface area contributed by atoms with E-state index in [0.717, 1.165) is 15.2 Å². The quantitative estimate of drug-likeness (QED) is 0.795. The van der Waals surface area contributed by atoms with Crippen molar-refractivity contribution in [3.8, 4) is 0 Å². The molecule has 2 rings (SSSR count). The summed E-state index contributed by atoms with van der Waals surface area (Å²) in [4.78, 5) is 23.2. The van der Waals surface area contributed by atoms with Gasteiger partial charge < -0.3 is 4.74 Å². The van der Waals surface area contributed by atoms with Crippen molar-refractivity contribution in [2.45, 2.75) is 26.4 Å². The van der Waals surface area contributed by atoms with E-state index in [4.69, 9.17) is 4.74 Å². The van der Waals surface area contributed by atoms with Crippen LogP contribution in [0.2, 0.25) is 0 Å². The van der Waals surface area contributed by atoms with Crippen molar-refractivity contribution in [3.05, 3.63) is 40.4 Å². The summed E-state index contributed by atoms with van der Waals surface area (Å²) in [5, 5.41) is 4.36. The van der Waals surface area contributed by atoms with Gasteiger partial charge in [-0.15, -0.1) is 0 Å². The summed E-state index contributed by atoms with van der Waals surface area (Å²) in [6.07, 6.45) is 0.127. The molecule has 1 N–H and O–H groups in total. The minimum atomic E-state index is -0.601. The lowest BCUT2D eigenvalue weighted by Gasteiger charge is -2.20. The van der Waals surface area contributed by atoms with Gasteiger partial charge in [0, 0.05) is 15.4 Å². The number of carbonyl (C=O) groups excluding carboxylic acids is 2. The largest absolute Gasteiger partial charge is 0.444 e. The maximum absolute atomic E-state index is 12.0. The fraction of sp³-hybridized carbons (Fsp3) is 0.250. The number of amides is 1. The van der Waals surface area contributed by atoms with Gasteiger partial charge in [-0.3, -0.25) is 10.1 Å². The highest BCUT2D eigenvalue weighted by molar-refractivity contribution is 9.10. The summed E-state index contributed by atoms with van der Waals surface area (Å²) in [6.45, 7) is 5.35. The summed E-state index contributed by atoms with van der Waals surface area (Å²) in [5.74, 6) is 0. The van der Waals surface area contributed by atoms with Crippen molar-refractivity contribution in [3.63, 3.8) is 0 Å². The van der Waals surface area contributed by atoms with Crippen LogP contribution in [0, 0.1) is 0 Å². The molecule has 0 aliphatic rings. The second-order valence-corrected chi connectivity index (χ2v) is 6.47. The number of halogens is 1. The van der Waals surface area contributed by atoms with Gasteiger partial charge in [0.15, 0.2) is 6.29 Å². The number of carbonyl (C=O) groups is 2. The molecule has 2 aromatic rings. The molecule has 0 bridgehead atoms. The van der Waals surface area contributed by atoms with E-state index in [1.807, 2.05) is 24.3 Å². The van der Waals surface area contributed by atoms with Crippen LogP contribution in [0.1, 0.15) is 31.1 Å². The predicted molar refractivity (Wildman–Crippen MR) is 86.9 cm³/mol. The maximum atomic E-state index is 12.0. The van der Waals surface area contributed by atoms with Crippen LogP contribution in [-0.2, 0) is 4.74 Å². The summed E-state index contributed by atoms with van der Waals surface area (Å²) in [7, 11) is 0. The van der Waals surface area contributed by atoms with Crippen molar-refractivity contribution < 1.29 is 14.3 Å². The molecule has 2 aromatic carbocycles. The molecule has 110 valence electrons. The van der Waals surface area contributed by atoms with E-state index in [1.54, 1.807) is 26.8 Å². The van der Waals surface area contributed by atoms with E-state index >= 15 is 0 Å². The zero-order valence-corrected chi connectivity index (χ0v) is 13.7. The van der Waals surface area contributed by atoms with Gasteiger partial charge in [0.05, 0.1) is 5.69 Å². The molecule has 0 aromatic heterocycles. The van der Waals surface area contributed by atoms with Gasteiger partial charge in [0.1, 0.15) is 5.60 Å². The first-order valence-corrected chi connectivity index (χ1v) is 7.27. The SMILES string of the molecule is CC(C)(C)OC(=O)Nc1c(C=O)cc(Br)c2ccccc12. The van der Waals surface area contributed by atoms with Gasteiger partial charge in [-0.05, 0) is 32.2 Å². The number of nitrogens with one attached hydrogen (secondary N) is 1. The van der Waals surface area contributed by atoms with E-state index < -0.39 is 11.7 Å². The van der Waals surface area contributed by atoms with Gasteiger partial charge in [-0.2, -0.15) is 0 Å². The monoisotopic (exact) mass is 349 g/mol. The number of hydrogen-bond donors (Lipinski definition) is 1. The molecule has 0 aliphatic heterocycles. The number of anilines is 1. The maximum Gasteiger partial charge on any atom is 0.412 e. The smallest absolute Gasteiger partial charge is 0.412 e. The summed E-state index contributed by atoms with van der Waals surface area (Å²) in [5.41, 5.74) is 0.251. The normalized spacial score (nSPS) is 11.2. The van der Waals surface area contributed by atoms with Gasteiger partial charge in [0.25, 0.3) is 0 Å². The van der Waals surface area contributed by atoms with Crippen LogP contribution >= 0.6 is 15.9 Å². The van der Waals surface area contributed by atoms with Crippen molar-refractivity contribution in [2.24, 2.45) is 0 Å². The third-order valence-electron chi connectivity index (χ3n) is 2.78. The molecular formula is C16H16BrNO3. The van der Waals surface area contributed by atoms with E-state index in [9.17, 15) is 9.59 Å². The molecular weight excluding hydrogens is 334 g/mol. The average Bonchev–Trinajstić information content (AvgIpc) is 2.40. The van der Waals surface area contributed by atoms with Gasteiger partial charge in [-0.1, -0.05) is 40.2 Å². The third kappa shape index (κ3) is 3.61. The lowest BCUT2D eigenvalue weighted by molar-refractivity contribution is 0.0636. The Morgan fingerprint density at radius 1 is 1.24 bits per heavy atom. The zero-order chi connectivity index (χ0) is 15.6. The molecule has 21 heavy (non-hydrogen) atoms. The number of fused-ring (bicyclic) bond motifs is 1. The number of ether oxygens (including phenoxy) is 1. The van der Waals surface area contributed by atoms with Gasteiger partial charge >= 0.3 is 6.09 Å². The first-order valence-electron chi connectivity index (χ1n) is 6.48. The van der Waals surface area contributed by atoms with Crippen LogP contribution in [0.5, 0.6) is 0 Å². The standard InChI is InChI=1S/C16H16BrNO3/c1-16(2,3)21-15(20)18-14-10(9-19)8-13(17)11-6-4-5-7-12(11)14/h4-9H,1-3H3,(H,18,20). The molecule has 0 saturated carbocycles. The van der Waals surface area contributed by atoms with Crippen LogP contribution in [0.15, 0.2) is 34.8 Å². The van der Waals surface area contributed by atoms with Crippen LogP contribution < -0.4 is 5.32 Å². The fourth-order valence-corrected chi connectivity index (χ4v) is 2.58. The molecule has 1 amide bonds. The van der Waals surface area contributed by atoms with Gasteiger partial charge in [0.2, 0.25) is 0 Å². The second kappa shape index (κ2) is 5.85. The van der Waals surface area contributed by atoms with E-state index in [1.165, 1.54) is 0 Å². The molecule has 0 heterocycles. The third-order valence-corrected chi connectivity index (χ3v) is 3.43. The van der Waals surface area contributed by atoms with Crippen molar-refractivity contribution in [1.82, 2.24) is 0 Å². The van der Waals surface area contributed by atoms with Crippen LogP contribution in [-0.4, -0.2) is 18.0 Å². The molecule has 0 spiro atoms. The Kier molecular flexibility index (Phi) is 4.32. The van der Waals surface area contributed by atoms with E-state index in [0.29, 0.717) is 17.5 Å². The Hall–Kier alpha value is -1.88. The highest BCUT2D eigenvalue weighted by Gasteiger charge is 2.19. The Morgan fingerprint density at radius 2 is 1.86 bits per heavy atom. The highest BCUT2D eigenvalue weighted by Crippen LogP contribution is 2.33. The Bertz CT molecular complexity index is 704.